The van der Waals surface area contributed by atoms with Gasteiger partial charge in [0.15, 0.2) is 5.82 Å². The molecular formula is C12H6F2N2O. The van der Waals surface area contributed by atoms with Crippen LogP contribution in [0.25, 0.3) is 5.69 Å². The van der Waals surface area contributed by atoms with Gasteiger partial charge in [0.1, 0.15) is 17.4 Å². The third kappa shape index (κ3) is 1.81. The third-order valence-electron chi connectivity index (χ3n) is 2.26. The van der Waals surface area contributed by atoms with Crippen molar-refractivity contribution in [2.75, 3.05) is 0 Å². The van der Waals surface area contributed by atoms with E-state index in [1.54, 1.807) is 0 Å². The molecule has 84 valence electrons. The summed E-state index contributed by atoms with van der Waals surface area (Å²) in [5, 5.41) is 8.62. The number of nitriles is 1. The molecule has 1 aromatic heterocycles. The molecule has 0 aliphatic rings. The second-order valence-corrected chi connectivity index (χ2v) is 3.28. The number of hydrogen-bond donors (Lipinski definition) is 0. The van der Waals surface area contributed by atoms with E-state index in [1.165, 1.54) is 30.5 Å². The van der Waals surface area contributed by atoms with E-state index in [0.717, 1.165) is 16.7 Å². The highest BCUT2D eigenvalue weighted by Gasteiger charge is 2.14. The van der Waals surface area contributed by atoms with Crippen LogP contribution in [0, 0.1) is 23.0 Å². The van der Waals surface area contributed by atoms with Gasteiger partial charge in [-0.05, 0) is 18.2 Å². The van der Waals surface area contributed by atoms with Crippen LogP contribution in [-0.4, -0.2) is 4.57 Å². The maximum atomic E-state index is 13.8. The summed E-state index contributed by atoms with van der Waals surface area (Å²) in [6.45, 7) is 0. The van der Waals surface area contributed by atoms with Gasteiger partial charge in [0.25, 0.3) is 5.56 Å². The van der Waals surface area contributed by atoms with Crippen molar-refractivity contribution in [3.05, 3.63) is 64.1 Å². The lowest BCUT2D eigenvalue weighted by molar-refractivity contribution is 0.570. The summed E-state index contributed by atoms with van der Waals surface area (Å²) >= 11 is 0. The van der Waals surface area contributed by atoms with Crippen molar-refractivity contribution in [2.24, 2.45) is 0 Å². The van der Waals surface area contributed by atoms with Gasteiger partial charge in [-0.3, -0.25) is 9.36 Å². The third-order valence-corrected chi connectivity index (χ3v) is 2.26. The zero-order chi connectivity index (χ0) is 12.4. The summed E-state index contributed by atoms with van der Waals surface area (Å²) in [5.74, 6) is -1.99. The van der Waals surface area contributed by atoms with E-state index in [2.05, 4.69) is 0 Å². The van der Waals surface area contributed by atoms with Crippen molar-refractivity contribution in [1.82, 2.24) is 4.57 Å². The topological polar surface area (TPSA) is 45.8 Å². The molecule has 3 nitrogen and oxygen atoms in total. The Kier molecular flexibility index (Phi) is 2.71. The van der Waals surface area contributed by atoms with Gasteiger partial charge in [0.2, 0.25) is 0 Å². The quantitative estimate of drug-likeness (QED) is 0.754. The molecule has 1 heterocycles. The van der Waals surface area contributed by atoms with E-state index >= 15 is 0 Å². The van der Waals surface area contributed by atoms with E-state index in [0.29, 0.717) is 0 Å². The molecule has 0 fully saturated rings. The minimum absolute atomic E-state index is 0.145. The van der Waals surface area contributed by atoms with Crippen molar-refractivity contribution in [2.45, 2.75) is 0 Å². The Balaban J connectivity index is 2.75. The fourth-order valence-electron chi connectivity index (χ4n) is 1.46. The minimum atomic E-state index is -1.04. The summed E-state index contributed by atoms with van der Waals surface area (Å²) < 4.78 is 27.9. The van der Waals surface area contributed by atoms with Crippen LogP contribution < -0.4 is 5.56 Å². The highest BCUT2D eigenvalue weighted by atomic mass is 19.1. The molecule has 0 spiro atoms. The molecule has 1 aromatic carbocycles. The summed E-state index contributed by atoms with van der Waals surface area (Å²) in [7, 11) is 0. The largest absolute Gasteiger partial charge is 0.281 e. The van der Waals surface area contributed by atoms with Gasteiger partial charge >= 0.3 is 0 Å². The first-order valence-corrected chi connectivity index (χ1v) is 4.71. The van der Waals surface area contributed by atoms with Crippen LogP contribution in [0.2, 0.25) is 0 Å². The highest BCUT2D eigenvalue weighted by Crippen LogP contribution is 2.18. The Bertz CT molecular complexity index is 671. The van der Waals surface area contributed by atoms with E-state index < -0.39 is 22.8 Å². The van der Waals surface area contributed by atoms with Gasteiger partial charge in [0, 0.05) is 12.3 Å². The molecule has 17 heavy (non-hydrogen) atoms. The first kappa shape index (κ1) is 11.0. The lowest BCUT2D eigenvalue weighted by atomic mass is 10.2. The Labute approximate surface area is 95.2 Å². The maximum Gasteiger partial charge on any atom is 0.255 e. The van der Waals surface area contributed by atoms with Crippen LogP contribution in [-0.2, 0) is 0 Å². The lowest BCUT2D eigenvalue weighted by Gasteiger charge is -2.07. The number of nitrogens with zero attached hydrogens (tertiary/aromatic N) is 2. The van der Waals surface area contributed by atoms with E-state index in [4.69, 9.17) is 5.26 Å². The Morgan fingerprint density at radius 3 is 2.59 bits per heavy atom. The zero-order valence-electron chi connectivity index (χ0n) is 8.52. The highest BCUT2D eigenvalue weighted by molar-refractivity contribution is 5.44. The summed E-state index contributed by atoms with van der Waals surface area (Å²) in [6, 6.07) is 7.79. The van der Waals surface area contributed by atoms with Gasteiger partial charge in [-0.15, -0.1) is 0 Å². The predicted octanol–water partition coefficient (Wildman–Crippen LogP) is 1.99. The second-order valence-electron chi connectivity index (χ2n) is 3.28. The monoisotopic (exact) mass is 232 g/mol. The number of benzene rings is 1. The molecule has 0 aliphatic carbocycles. The van der Waals surface area contributed by atoms with E-state index in [1.807, 2.05) is 0 Å². The van der Waals surface area contributed by atoms with Crippen molar-refractivity contribution < 1.29 is 8.78 Å². The molecule has 0 amide bonds. The van der Waals surface area contributed by atoms with Crippen LogP contribution in [0.4, 0.5) is 8.78 Å². The van der Waals surface area contributed by atoms with Gasteiger partial charge in [0.05, 0.1) is 5.69 Å². The SMILES string of the molecule is N#Cc1c(F)ccc(-n2ccccc2=O)c1F. The van der Waals surface area contributed by atoms with Crippen LogP contribution in [0.1, 0.15) is 5.56 Å². The second kappa shape index (κ2) is 4.18. The van der Waals surface area contributed by atoms with Crippen LogP contribution in [0.3, 0.4) is 0 Å². The average molecular weight is 232 g/mol. The number of aromatic nitrogens is 1. The summed E-state index contributed by atoms with van der Waals surface area (Å²) in [4.78, 5) is 11.5. The summed E-state index contributed by atoms with van der Waals surface area (Å²) in [6.07, 6.45) is 1.35. The van der Waals surface area contributed by atoms with Crippen LogP contribution >= 0.6 is 0 Å². The van der Waals surface area contributed by atoms with Gasteiger partial charge < -0.3 is 0 Å². The minimum Gasteiger partial charge on any atom is -0.281 e. The maximum absolute atomic E-state index is 13.8. The average Bonchev–Trinajstić information content (AvgIpc) is 2.31. The van der Waals surface area contributed by atoms with E-state index in [9.17, 15) is 13.6 Å². The molecule has 0 atom stereocenters. The van der Waals surface area contributed by atoms with Crippen molar-refractivity contribution >= 4 is 0 Å². The molecule has 2 aromatic rings. The molecule has 0 radical (unpaired) electrons. The van der Waals surface area contributed by atoms with Crippen molar-refractivity contribution in [3.63, 3.8) is 0 Å². The molecule has 0 aliphatic heterocycles. The fraction of sp³-hybridized carbons (Fsp3) is 0. The normalized spacial score (nSPS) is 9.94. The number of rotatable bonds is 1. The Morgan fingerprint density at radius 2 is 1.94 bits per heavy atom. The van der Waals surface area contributed by atoms with Gasteiger partial charge in [-0.1, -0.05) is 6.07 Å². The molecule has 0 N–H and O–H groups in total. The Hall–Kier alpha value is -2.48. The Morgan fingerprint density at radius 1 is 1.18 bits per heavy atom. The van der Waals surface area contributed by atoms with Gasteiger partial charge in [-0.25, -0.2) is 8.78 Å². The number of hydrogen-bond acceptors (Lipinski definition) is 2. The standard InChI is InChI=1S/C12H6F2N2O/c13-9-4-5-10(12(14)8(9)7-15)16-6-2-1-3-11(16)17/h1-6H. The predicted molar refractivity (Wildman–Crippen MR) is 56.7 cm³/mol. The zero-order valence-corrected chi connectivity index (χ0v) is 8.52. The summed E-state index contributed by atoms with van der Waals surface area (Å²) in [5.41, 5.74) is -1.30. The van der Waals surface area contributed by atoms with Crippen LogP contribution in [0.5, 0.6) is 0 Å². The van der Waals surface area contributed by atoms with Crippen LogP contribution in [0.15, 0.2) is 41.3 Å². The molecular weight excluding hydrogens is 226 g/mol. The number of halogens is 2. The first-order valence-electron chi connectivity index (χ1n) is 4.71. The smallest absolute Gasteiger partial charge is 0.255 e. The molecule has 5 heteroatoms. The van der Waals surface area contributed by atoms with Gasteiger partial charge in [-0.2, -0.15) is 5.26 Å². The van der Waals surface area contributed by atoms with Crippen molar-refractivity contribution in [1.29, 1.82) is 5.26 Å². The fourth-order valence-corrected chi connectivity index (χ4v) is 1.46. The molecule has 0 bridgehead atoms. The number of pyridine rings is 1. The molecule has 2 rings (SSSR count). The molecule has 0 unspecified atom stereocenters. The van der Waals surface area contributed by atoms with Crippen molar-refractivity contribution in [3.8, 4) is 11.8 Å². The first-order chi connectivity index (χ1) is 8.15. The van der Waals surface area contributed by atoms with E-state index in [-0.39, 0.29) is 5.69 Å². The molecule has 0 saturated heterocycles. The molecule has 0 saturated carbocycles. The lowest BCUT2D eigenvalue weighted by Crippen LogP contribution is -2.17.